The van der Waals surface area contributed by atoms with Crippen molar-refractivity contribution in [1.82, 2.24) is 9.55 Å². The molecule has 3 rings (SSSR count). The number of benzene rings is 1. The zero-order valence-corrected chi connectivity index (χ0v) is 12.8. The number of carbonyl (C=O) groups is 1. The second kappa shape index (κ2) is 5.93. The Hall–Kier alpha value is -1.75. The van der Waals surface area contributed by atoms with Gasteiger partial charge in [0.25, 0.3) is 0 Å². The number of carboxylic acids is 1. The summed E-state index contributed by atoms with van der Waals surface area (Å²) >= 11 is 1.31. The number of aromatic nitrogens is 2. The van der Waals surface area contributed by atoms with E-state index in [2.05, 4.69) is 34.7 Å². The monoisotopic (exact) mass is 302 g/mol. The molecule has 1 aromatic carbocycles. The highest BCUT2D eigenvalue weighted by molar-refractivity contribution is 7.99. The average Bonchev–Trinajstić information content (AvgIpc) is 2.86. The van der Waals surface area contributed by atoms with E-state index in [9.17, 15) is 4.79 Å². The van der Waals surface area contributed by atoms with E-state index in [1.165, 1.54) is 17.3 Å². The number of carboxylic acid groups (broad SMARTS) is 1. The van der Waals surface area contributed by atoms with E-state index in [0.717, 1.165) is 35.5 Å². The maximum Gasteiger partial charge on any atom is 0.313 e. The van der Waals surface area contributed by atoms with Gasteiger partial charge in [-0.2, -0.15) is 0 Å². The van der Waals surface area contributed by atoms with Crippen molar-refractivity contribution in [2.45, 2.75) is 37.4 Å². The first kappa shape index (κ1) is 14.2. The molecule has 5 heteroatoms. The zero-order chi connectivity index (χ0) is 14.8. The summed E-state index contributed by atoms with van der Waals surface area (Å²) in [5.74, 6) is -0.760. The molecule has 4 nitrogen and oxygen atoms in total. The van der Waals surface area contributed by atoms with E-state index in [-0.39, 0.29) is 5.75 Å². The molecule has 1 aliphatic rings. The summed E-state index contributed by atoms with van der Waals surface area (Å²) in [4.78, 5) is 15.5. The highest BCUT2D eigenvalue weighted by Gasteiger charge is 2.21. The molecular formula is C16H18N2O2S. The maximum absolute atomic E-state index is 10.9. The van der Waals surface area contributed by atoms with Gasteiger partial charge in [-0.15, -0.1) is 0 Å². The lowest BCUT2D eigenvalue weighted by molar-refractivity contribution is -0.133. The van der Waals surface area contributed by atoms with Crippen molar-refractivity contribution in [2.75, 3.05) is 5.75 Å². The van der Waals surface area contributed by atoms with Crippen LogP contribution in [-0.4, -0.2) is 26.4 Å². The molecule has 1 unspecified atom stereocenters. The molecule has 0 radical (unpaired) electrons. The Morgan fingerprint density at radius 1 is 1.48 bits per heavy atom. The summed E-state index contributed by atoms with van der Waals surface area (Å²) < 4.78 is 2.25. The Labute approximate surface area is 127 Å². The smallest absolute Gasteiger partial charge is 0.313 e. The minimum Gasteiger partial charge on any atom is -0.481 e. The Bertz CT molecular complexity index is 706. The molecule has 1 atom stereocenters. The fraction of sp³-hybridized carbons (Fsp3) is 0.375. The van der Waals surface area contributed by atoms with Gasteiger partial charge in [0.1, 0.15) is 0 Å². The first-order chi connectivity index (χ1) is 10.2. The molecule has 1 aliphatic carbocycles. The van der Waals surface area contributed by atoms with Gasteiger partial charge in [-0.05, 0) is 37.8 Å². The normalized spacial score (nSPS) is 18.2. The highest BCUT2D eigenvalue weighted by atomic mass is 32.2. The molecule has 1 heterocycles. The summed E-state index contributed by atoms with van der Waals surface area (Å²) in [6, 6.07) is 6.46. The topological polar surface area (TPSA) is 55.1 Å². The third kappa shape index (κ3) is 2.83. The van der Waals surface area contributed by atoms with E-state index in [1.54, 1.807) is 0 Å². The molecule has 2 aromatic rings. The number of aliphatic carboxylic acids is 1. The number of rotatable bonds is 4. The first-order valence-electron chi connectivity index (χ1n) is 7.14. The number of imidazole rings is 1. The van der Waals surface area contributed by atoms with Crippen LogP contribution in [0.3, 0.4) is 0 Å². The van der Waals surface area contributed by atoms with Crippen LogP contribution < -0.4 is 0 Å². The number of hydrogen-bond donors (Lipinski definition) is 1. The number of aryl methyl sites for hydroxylation is 1. The second-order valence-corrected chi connectivity index (χ2v) is 6.27. The lowest BCUT2D eigenvalue weighted by Gasteiger charge is -2.22. The number of nitrogens with zero attached hydrogens (tertiary/aromatic N) is 2. The maximum atomic E-state index is 10.9. The van der Waals surface area contributed by atoms with Crippen molar-refractivity contribution in [2.24, 2.45) is 0 Å². The van der Waals surface area contributed by atoms with E-state index < -0.39 is 5.97 Å². The molecule has 0 bridgehead atoms. The van der Waals surface area contributed by atoms with Crippen LogP contribution in [0.2, 0.25) is 0 Å². The molecule has 0 fully saturated rings. The Morgan fingerprint density at radius 3 is 3.05 bits per heavy atom. The summed E-state index contributed by atoms with van der Waals surface area (Å²) in [6.07, 6.45) is 7.56. The molecule has 21 heavy (non-hydrogen) atoms. The van der Waals surface area contributed by atoms with Crippen molar-refractivity contribution in [3.8, 4) is 0 Å². The Morgan fingerprint density at radius 2 is 2.33 bits per heavy atom. The van der Waals surface area contributed by atoms with Gasteiger partial charge < -0.3 is 9.67 Å². The Balaban J connectivity index is 2.09. The third-order valence-electron chi connectivity index (χ3n) is 3.81. The summed E-state index contributed by atoms with van der Waals surface area (Å²) in [5.41, 5.74) is 3.29. The van der Waals surface area contributed by atoms with Crippen molar-refractivity contribution >= 4 is 28.8 Å². The predicted octanol–water partition coefficient (Wildman–Crippen LogP) is 3.80. The predicted molar refractivity (Wildman–Crippen MR) is 84.9 cm³/mol. The third-order valence-corrected chi connectivity index (χ3v) is 4.75. The van der Waals surface area contributed by atoms with Gasteiger partial charge in [-0.1, -0.05) is 36.0 Å². The lowest BCUT2D eigenvalue weighted by atomic mass is 10.0. The van der Waals surface area contributed by atoms with Gasteiger partial charge in [0.05, 0.1) is 16.8 Å². The first-order valence-corrected chi connectivity index (χ1v) is 8.12. The van der Waals surface area contributed by atoms with Crippen LogP contribution in [0.5, 0.6) is 0 Å². The fourth-order valence-electron chi connectivity index (χ4n) is 2.88. The van der Waals surface area contributed by atoms with Crippen LogP contribution in [0.25, 0.3) is 11.0 Å². The number of thioether (sulfide) groups is 1. The minimum atomic E-state index is -0.807. The fourth-order valence-corrected chi connectivity index (χ4v) is 3.67. The molecule has 0 amide bonds. The van der Waals surface area contributed by atoms with Gasteiger partial charge in [-0.25, -0.2) is 4.98 Å². The number of allylic oxidation sites excluding steroid dienone is 2. The highest BCUT2D eigenvalue weighted by Crippen LogP contribution is 2.34. The number of para-hydroxylation sites is 1. The van der Waals surface area contributed by atoms with Crippen molar-refractivity contribution in [3.05, 3.63) is 35.9 Å². The lowest BCUT2D eigenvalue weighted by Crippen LogP contribution is -2.12. The van der Waals surface area contributed by atoms with Gasteiger partial charge in [-0.3, -0.25) is 4.79 Å². The van der Waals surface area contributed by atoms with E-state index in [4.69, 9.17) is 5.11 Å². The van der Waals surface area contributed by atoms with Crippen LogP contribution >= 0.6 is 11.8 Å². The van der Waals surface area contributed by atoms with Crippen LogP contribution in [0.1, 0.15) is 30.9 Å². The largest absolute Gasteiger partial charge is 0.481 e. The van der Waals surface area contributed by atoms with Crippen LogP contribution in [0, 0.1) is 6.92 Å². The van der Waals surface area contributed by atoms with E-state index >= 15 is 0 Å². The van der Waals surface area contributed by atoms with Crippen LogP contribution in [-0.2, 0) is 4.79 Å². The summed E-state index contributed by atoms with van der Waals surface area (Å²) in [6.45, 7) is 2.09. The molecule has 0 aliphatic heterocycles. The van der Waals surface area contributed by atoms with Crippen molar-refractivity contribution in [3.63, 3.8) is 0 Å². The molecule has 1 aromatic heterocycles. The van der Waals surface area contributed by atoms with Gasteiger partial charge >= 0.3 is 5.97 Å². The number of fused-ring (bicyclic) bond motifs is 1. The van der Waals surface area contributed by atoms with Crippen molar-refractivity contribution < 1.29 is 9.90 Å². The van der Waals surface area contributed by atoms with E-state index in [0.29, 0.717) is 6.04 Å². The van der Waals surface area contributed by atoms with Crippen LogP contribution in [0.15, 0.2) is 35.5 Å². The van der Waals surface area contributed by atoms with Gasteiger partial charge in [0.2, 0.25) is 0 Å². The second-order valence-electron chi connectivity index (χ2n) is 5.33. The van der Waals surface area contributed by atoms with E-state index in [1.807, 2.05) is 12.1 Å². The van der Waals surface area contributed by atoms with Gasteiger partial charge in [0.15, 0.2) is 5.16 Å². The molecule has 0 spiro atoms. The number of hydrogen-bond acceptors (Lipinski definition) is 3. The SMILES string of the molecule is Cc1cccc2nc(SCC(=O)O)n(C3CC=CCC3)c12. The molecular weight excluding hydrogens is 284 g/mol. The van der Waals surface area contributed by atoms with Crippen LogP contribution in [0.4, 0.5) is 0 Å². The zero-order valence-electron chi connectivity index (χ0n) is 12.0. The standard InChI is InChI=1S/C16H18N2O2S/c1-11-6-5-9-13-15(11)18(12-7-3-2-4-8-12)16(17-13)21-10-14(19)20/h2-3,5-6,9,12H,4,7-8,10H2,1H3,(H,19,20). The molecule has 1 N–H and O–H groups in total. The molecule has 0 saturated heterocycles. The molecule has 110 valence electrons. The summed E-state index contributed by atoms with van der Waals surface area (Å²) in [7, 11) is 0. The Kier molecular flexibility index (Phi) is 4.01. The van der Waals surface area contributed by atoms with Crippen molar-refractivity contribution in [1.29, 1.82) is 0 Å². The molecule has 0 saturated carbocycles. The summed E-state index contributed by atoms with van der Waals surface area (Å²) in [5, 5.41) is 9.76. The quantitative estimate of drug-likeness (QED) is 0.689. The minimum absolute atomic E-state index is 0.0466. The average molecular weight is 302 g/mol. The van der Waals surface area contributed by atoms with Gasteiger partial charge in [0, 0.05) is 6.04 Å².